The number of nitrogens with zero attached hydrogens (tertiary/aromatic N) is 7. The van der Waals surface area contributed by atoms with Gasteiger partial charge in [-0.25, -0.2) is 19.9 Å². The molecule has 0 atom stereocenters. The minimum atomic E-state index is 0. The van der Waals surface area contributed by atoms with Crippen molar-refractivity contribution in [2.24, 2.45) is 0 Å². The van der Waals surface area contributed by atoms with Gasteiger partial charge in [0.05, 0.1) is 2.74 Å². The fourth-order valence-electron chi connectivity index (χ4n) is 8.01. The largest absolute Gasteiger partial charge is 2.00 e. The van der Waals surface area contributed by atoms with Crippen LogP contribution in [0.2, 0.25) is 0 Å². The van der Waals surface area contributed by atoms with Gasteiger partial charge in [-0.15, -0.1) is 59.3 Å². The smallest absolute Gasteiger partial charge is 0.509 e. The summed E-state index contributed by atoms with van der Waals surface area (Å²) in [6.45, 7) is 0. The number of rotatable bonds is 7. The van der Waals surface area contributed by atoms with Gasteiger partial charge in [-0.3, -0.25) is 0 Å². The first-order valence-electron chi connectivity index (χ1n) is 19.9. The van der Waals surface area contributed by atoms with E-state index in [1.54, 1.807) is 55.1 Å². The van der Waals surface area contributed by atoms with Gasteiger partial charge in [-0.1, -0.05) is 70.5 Å². The molecule has 0 bridgehead atoms. The second-order valence-corrected chi connectivity index (χ2v) is 13.9. The third kappa shape index (κ3) is 6.40. The third-order valence-corrected chi connectivity index (χ3v) is 10.5. The van der Waals surface area contributed by atoms with Crippen molar-refractivity contribution in [3.05, 3.63) is 189 Å². The molecule has 61 heavy (non-hydrogen) atoms. The van der Waals surface area contributed by atoms with Gasteiger partial charge in [0.2, 0.25) is 5.95 Å². The Balaban J connectivity index is 0.00000236. The van der Waals surface area contributed by atoms with Crippen molar-refractivity contribution in [1.82, 2.24) is 33.6 Å². The van der Waals surface area contributed by atoms with Crippen molar-refractivity contribution >= 4 is 65.4 Å². The van der Waals surface area contributed by atoms with Crippen molar-refractivity contribution in [1.29, 1.82) is 0 Å². The molecule has 6 aromatic heterocycles. The summed E-state index contributed by atoms with van der Waals surface area (Å²) < 4.78 is 35.4. The van der Waals surface area contributed by atoms with Crippen LogP contribution in [0, 0.1) is 24.3 Å². The van der Waals surface area contributed by atoms with E-state index in [9.17, 15) is 0 Å². The molecule has 0 fully saturated rings. The number of para-hydroxylation sites is 2. The second-order valence-electron chi connectivity index (χ2n) is 13.9. The summed E-state index contributed by atoms with van der Waals surface area (Å²) >= 11 is 0. The second kappa shape index (κ2) is 15.6. The Kier molecular flexibility index (Phi) is 9.20. The van der Waals surface area contributed by atoms with E-state index in [2.05, 4.69) is 56.3 Å². The first-order chi connectivity index (χ1) is 30.0. The number of fused-ring (bicyclic) bond motifs is 9. The van der Waals surface area contributed by atoms with Crippen LogP contribution in [-0.4, -0.2) is 33.6 Å². The molecule has 0 spiro atoms. The van der Waals surface area contributed by atoms with Gasteiger partial charge >= 0.3 is 42.1 Å². The molecule has 6 heterocycles. The topological polar surface area (TPSA) is 84.8 Å². The zero-order chi connectivity index (χ0) is 40.6. The van der Waals surface area contributed by atoms with Crippen molar-refractivity contribution in [2.45, 2.75) is 0 Å². The molecule has 0 aliphatic rings. The van der Waals surface area contributed by atoms with E-state index in [-0.39, 0.29) is 42.1 Å². The predicted molar refractivity (Wildman–Crippen MR) is 229 cm³/mol. The van der Waals surface area contributed by atoms with E-state index in [0.29, 0.717) is 63.7 Å². The summed E-state index contributed by atoms with van der Waals surface area (Å²) in [5.41, 5.74) is 4.87. The van der Waals surface area contributed by atoms with Crippen molar-refractivity contribution in [3.8, 4) is 40.6 Å². The number of hydrogen-bond acceptors (Lipinski definition) is 6. The Labute approximate surface area is 380 Å². The van der Waals surface area contributed by atoms with Crippen LogP contribution >= 0.6 is 0 Å². The summed E-state index contributed by atoms with van der Waals surface area (Å²) in [4.78, 5) is 18.4. The fraction of sp³-hybridized carbons (Fsp3) is 0. The van der Waals surface area contributed by atoms with Crippen molar-refractivity contribution in [3.63, 3.8) is 0 Å². The maximum Gasteiger partial charge on any atom is 2.00 e. The zero-order valence-corrected chi connectivity index (χ0v) is 36.1. The molecule has 0 saturated heterocycles. The maximum absolute atomic E-state index is 8.26. The fourth-order valence-corrected chi connectivity index (χ4v) is 8.01. The molecule has 0 N–H and O–H groups in total. The molecule has 294 valence electrons. The van der Waals surface area contributed by atoms with E-state index >= 15 is 0 Å². The molecule has 0 unspecified atom stereocenters. The first-order valence-corrected chi connectivity index (χ1v) is 18.9. The monoisotopic (exact) mass is 1150 g/mol. The zero-order valence-electron chi connectivity index (χ0n) is 33.5. The normalized spacial score (nSPS) is 11.8. The molecule has 0 saturated carbocycles. The van der Waals surface area contributed by atoms with Gasteiger partial charge in [0, 0.05) is 58.8 Å². The number of pyridine rings is 2. The van der Waals surface area contributed by atoms with Crippen LogP contribution in [-0.2, 0) is 42.1 Å². The van der Waals surface area contributed by atoms with E-state index < -0.39 is 0 Å². The number of ether oxygens (including phenoxy) is 2. The average molecular weight is 1150 g/mol. The van der Waals surface area contributed by atoms with Gasteiger partial charge < -0.3 is 23.2 Å². The first kappa shape index (κ1) is 36.0. The van der Waals surface area contributed by atoms with Crippen LogP contribution in [0.3, 0.4) is 0 Å². The Morgan fingerprint density at radius 3 is 1.18 bits per heavy atom. The minimum Gasteiger partial charge on any atom is -0.509 e. The minimum absolute atomic E-state index is 0. The molecule has 11 heteroatoms. The van der Waals surface area contributed by atoms with E-state index in [1.807, 2.05) is 98.6 Å². The maximum atomic E-state index is 8.26. The molecule has 9 nitrogen and oxygen atoms in total. The van der Waals surface area contributed by atoms with Crippen LogP contribution in [0.15, 0.2) is 164 Å². The molecular formula is C50H27N7O2Pt2. The summed E-state index contributed by atoms with van der Waals surface area (Å²) in [5.74, 6) is 3.61. The third-order valence-electron chi connectivity index (χ3n) is 10.5. The molecular weight excluding hydrogens is 1120 g/mol. The SMILES string of the molecule is [2H]c1ccnc(-n2c3[c-]c(Oc4[c-]c5c(cc4)c4ccc(Oc6[c-]c7c(cc6)c6ccccc6n7-c6cc([2H])ccn6)[c-]c4n5-c4ncccn4)ccc3c3ccccc32)c1.[Pt+2].[Pt+2]. The van der Waals surface area contributed by atoms with Crippen molar-refractivity contribution in [2.75, 3.05) is 0 Å². The summed E-state index contributed by atoms with van der Waals surface area (Å²) in [6, 6.07) is 55.1. The molecule has 0 aliphatic carbocycles. The van der Waals surface area contributed by atoms with Crippen LogP contribution in [0.25, 0.3) is 83.0 Å². The quantitative estimate of drug-likeness (QED) is 0.148. The van der Waals surface area contributed by atoms with Gasteiger partial charge in [-0.05, 0) is 53.2 Å². The van der Waals surface area contributed by atoms with Gasteiger partial charge in [0.25, 0.3) is 0 Å². The number of hydrogen-bond donors (Lipinski definition) is 0. The van der Waals surface area contributed by atoms with Crippen LogP contribution in [0.5, 0.6) is 23.0 Å². The number of benzene rings is 6. The molecule has 0 radical (unpaired) electrons. The van der Waals surface area contributed by atoms with E-state index in [4.69, 9.17) is 12.2 Å². The summed E-state index contributed by atoms with van der Waals surface area (Å²) in [5, 5.41) is 5.88. The Hall–Kier alpha value is -6.92. The molecule has 0 amide bonds. The van der Waals surface area contributed by atoms with E-state index in [0.717, 1.165) is 54.4 Å². The summed E-state index contributed by atoms with van der Waals surface area (Å²) in [7, 11) is 0. The predicted octanol–water partition coefficient (Wildman–Crippen LogP) is 11.3. The molecule has 12 rings (SSSR count). The van der Waals surface area contributed by atoms with E-state index in [1.165, 1.54) is 0 Å². The molecule has 0 aliphatic heterocycles. The molecule has 12 aromatic rings. The Morgan fingerprint density at radius 1 is 0.377 bits per heavy atom. The van der Waals surface area contributed by atoms with Crippen LogP contribution in [0.4, 0.5) is 0 Å². The van der Waals surface area contributed by atoms with Gasteiger partial charge in [0.1, 0.15) is 11.6 Å². The Bertz CT molecular complexity index is 3500. The Morgan fingerprint density at radius 2 is 0.754 bits per heavy atom. The number of aromatic nitrogens is 7. The van der Waals surface area contributed by atoms with Gasteiger partial charge in [0.15, 0.2) is 0 Å². The van der Waals surface area contributed by atoms with Crippen molar-refractivity contribution < 1.29 is 54.3 Å². The van der Waals surface area contributed by atoms with Crippen LogP contribution in [0.1, 0.15) is 2.74 Å². The van der Waals surface area contributed by atoms with Crippen LogP contribution < -0.4 is 9.47 Å². The summed E-state index contributed by atoms with van der Waals surface area (Å²) in [6.07, 6.45) is 6.68. The van der Waals surface area contributed by atoms with Gasteiger partial charge in [-0.2, -0.15) is 35.0 Å². The average Bonchev–Trinajstić information content (AvgIpc) is 3.91. The standard InChI is InChI=1S/C50H27N7O2.2Pt/c1-3-12-42-36(10-1)38-20-16-32(28-44(38)55(42)48-14-5-7-24-51-48)58-34-18-22-40-41-23-19-35(31-47(41)57(46(40)30-34)50-53-26-9-27-54-50)59-33-17-21-39-37-11-2-4-13-43(37)56(45(39)29-33)49-15-6-8-25-52-49;;/h1-27H;;/q-4;2*+2/i5D,6D;;. The molecule has 6 aromatic carbocycles.